The average Bonchev–Trinajstić information content (AvgIpc) is 2.71. The third-order valence-electron chi connectivity index (χ3n) is 2.42. The minimum atomic E-state index is -2.99. The summed E-state index contributed by atoms with van der Waals surface area (Å²) in [6.45, 7) is 0. The van der Waals surface area contributed by atoms with Crippen LogP contribution in [0.25, 0.3) is 0 Å². The van der Waals surface area contributed by atoms with E-state index < -0.39 is 9.84 Å². The Bertz CT molecular complexity index is 489. The van der Waals surface area contributed by atoms with E-state index in [9.17, 15) is 13.2 Å². The molecule has 1 aromatic heterocycles. The lowest BCUT2D eigenvalue weighted by molar-refractivity contribution is 0.0937. The normalized spacial score (nSPS) is 24.2. The largest absolute Gasteiger partial charge is 0.293 e. The molecule has 82 valence electrons. The minimum absolute atomic E-state index is 0.0125. The van der Waals surface area contributed by atoms with E-state index >= 15 is 0 Å². The summed E-state index contributed by atoms with van der Waals surface area (Å²) in [4.78, 5) is 12.4. The molecule has 1 fully saturated rings. The topological polar surface area (TPSA) is 51.2 Å². The van der Waals surface area contributed by atoms with Crippen LogP contribution >= 0.6 is 22.9 Å². The van der Waals surface area contributed by atoms with E-state index in [1.165, 1.54) is 11.3 Å². The zero-order chi connectivity index (χ0) is 11.1. The first-order chi connectivity index (χ1) is 6.98. The Kier molecular flexibility index (Phi) is 2.87. The number of hydrogen-bond acceptors (Lipinski definition) is 4. The highest BCUT2D eigenvalue weighted by atomic mass is 35.5. The van der Waals surface area contributed by atoms with Crippen molar-refractivity contribution in [1.29, 1.82) is 0 Å². The Morgan fingerprint density at radius 2 is 2.20 bits per heavy atom. The van der Waals surface area contributed by atoms with Gasteiger partial charge in [0, 0.05) is 5.92 Å². The Hall–Kier alpha value is -0.390. The molecule has 1 aliphatic rings. The number of rotatable bonds is 2. The fourth-order valence-corrected chi connectivity index (χ4v) is 4.45. The molecule has 1 aromatic rings. The quantitative estimate of drug-likeness (QED) is 0.768. The third kappa shape index (κ3) is 2.41. The van der Waals surface area contributed by atoms with Crippen molar-refractivity contribution >= 4 is 38.6 Å². The molecule has 2 heterocycles. The molecule has 1 unspecified atom stereocenters. The summed E-state index contributed by atoms with van der Waals surface area (Å²) in [5.74, 6) is -0.346. The number of thiophene rings is 1. The van der Waals surface area contributed by atoms with Crippen molar-refractivity contribution in [2.45, 2.75) is 6.42 Å². The van der Waals surface area contributed by atoms with Crippen molar-refractivity contribution in [2.75, 3.05) is 11.5 Å². The van der Waals surface area contributed by atoms with Gasteiger partial charge in [0.25, 0.3) is 0 Å². The molecule has 1 saturated heterocycles. The average molecular weight is 265 g/mol. The summed E-state index contributed by atoms with van der Waals surface area (Å²) in [5, 5.41) is 0. The molecule has 2 rings (SSSR count). The van der Waals surface area contributed by atoms with Crippen LogP contribution in [0.5, 0.6) is 0 Å². The van der Waals surface area contributed by atoms with Crippen LogP contribution in [0.2, 0.25) is 4.34 Å². The number of ketones is 1. The van der Waals surface area contributed by atoms with Gasteiger partial charge in [-0.05, 0) is 18.6 Å². The summed E-state index contributed by atoms with van der Waals surface area (Å²) in [6.07, 6.45) is 0.441. The van der Waals surface area contributed by atoms with Gasteiger partial charge in [-0.25, -0.2) is 8.42 Å². The van der Waals surface area contributed by atoms with Crippen molar-refractivity contribution in [3.8, 4) is 0 Å². The molecule has 1 atom stereocenters. The monoisotopic (exact) mass is 264 g/mol. The molecule has 15 heavy (non-hydrogen) atoms. The summed E-state index contributed by atoms with van der Waals surface area (Å²) in [6, 6.07) is 3.31. The standard InChI is InChI=1S/C9H9ClO3S2/c10-8-2-1-7(14-8)9(11)6-3-4-15(12,13)5-6/h1-2,6H,3-5H2. The number of carbonyl (C=O) groups is 1. The maximum atomic E-state index is 11.8. The second-order valence-corrected chi connectivity index (χ2v) is 7.51. The maximum absolute atomic E-state index is 11.8. The SMILES string of the molecule is O=C(c1ccc(Cl)s1)C1CCS(=O)(=O)C1. The summed E-state index contributed by atoms with van der Waals surface area (Å²) < 4.78 is 23.0. The third-order valence-corrected chi connectivity index (χ3v) is 5.43. The molecule has 0 spiro atoms. The lowest BCUT2D eigenvalue weighted by atomic mass is 10.0. The molecule has 3 nitrogen and oxygen atoms in total. The number of carbonyl (C=O) groups excluding carboxylic acids is 1. The van der Waals surface area contributed by atoms with E-state index in [0.29, 0.717) is 15.6 Å². The lowest BCUT2D eigenvalue weighted by Crippen LogP contribution is -2.14. The molecule has 6 heteroatoms. The van der Waals surface area contributed by atoms with Crippen molar-refractivity contribution < 1.29 is 13.2 Å². The van der Waals surface area contributed by atoms with Crippen molar-refractivity contribution in [3.05, 3.63) is 21.3 Å². The molecule has 0 N–H and O–H groups in total. The smallest absolute Gasteiger partial charge is 0.176 e. The first kappa shape index (κ1) is 11.1. The maximum Gasteiger partial charge on any atom is 0.176 e. The van der Waals surface area contributed by atoms with Crippen LogP contribution in [-0.2, 0) is 9.84 Å². The van der Waals surface area contributed by atoms with Crippen LogP contribution in [-0.4, -0.2) is 25.7 Å². The number of sulfone groups is 1. The molecular weight excluding hydrogens is 256 g/mol. The van der Waals surface area contributed by atoms with Crippen molar-refractivity contribution in [1.82, 2.24) is 0 Å². The van der Waals surface area contributed by atoms with Crippen LogP contribution < -0.4 is 0 Å². The van der Waals surface area contributed by atoms with Gasteiger partial charge in [-0.3, -0.25) is 4.79 Å². The molecular formula is C9H9ClO3S2. The van der Waals surface area contributed by atoms with E-state index in [1.807, 2.05) is 0 Å². The molecule has 0 aliphatic carbocycles. The number of hydrogen-bond donors (Lipinski definition) is 0. The predicted molar refractivity (Wildman–Crippen MR) is 60.4 cm³/mol. The van der Waals surface area contributed by atoms with E-state index in [2.05, 4.69) is 0 Å². The summed E-state index contributed by atoms with van der Waals surface area (Å²) in [5.41, 5.74) is 0. The van der Waals surface area contributed by atoms with Gasteiger partial charge in [0.05, 0.1) is 20.7 Å². The zero-order valence-electron chi connectivity index (χ0n) is 7.77. The van der Waals surface area contributed by atoms with Crippen LogP contribution in [0.15, 0.2) is 12.1 Å². The Balaban J connectivity index is 2.17. The van der Waals surface area contributed by atoms with Gasteiger partial charge in [-0.1, -0.05) is 11.6 Å². The molecule has 0 radical (unpaired) electrons. The summed E-state index contributed by atoms with van der Waals surface area (Å²) in [7, 11) is -2.99. The van der Waals surface area contributed by atoms with E-state index in [0.717, 1.165) is 0 Å². The highest BCUT2D eigenvalue weighted by Crippen LogP contribution is 2.28. The Morgan fingerprint density at radius 1 is 1.47 bits per heavy atom. The van der Waals surface area contributed by atoms with Crippen molar-refractivity contribution in [3.63, 3.8) is 0 Å². The highest BCUT2D eigenvalue weighted by Gasteiger charge is 2.33. The van der Waals surface area contributed by atoms with Gasteiger partial charge in [0.2, 0.25) is 0 Å². The van der Waals surface area contributed by atoms with Crippen LogP contribution in [0.1, 0.15) is 16.1 Å². The molecule has 0 aromatic carbocycles. The van der Waals surface area contributed by atoms with Crippen LogP contribution in [0, 0.1) is 5.92 Å². The first-order valence-corrected chi connectivity index (χ1v) is 7.49. The lowest BCUT2D eigenvalue weighted by Gasteiger charge is -2.02. The van der Waals surface area contributed by atoms with Gasteiger partial charge in [-0.2, -0.15) is 0 Å². The first-order valence-electron chi connectivity index (χ1n) is 4.48. The zero-order valence-corrected chi connectivity index (χ0v) is 10.2. The number of halogens is 1. The molecule has 0 bridgehead atoms. The van der Waals surface area contributed by atoms with Crippen LogP contribution in [0.4, 0.5) is 0 Å². The second-order valence-electron chi connectivity index (χ2n) is 3.57. The fourth-order valence-electron chi connectivity index (χ4n) is 1.65. The van der Waals surface area contributed by atoms with E-state index in [1.54, 1.807) is 12.1 Å². The fraction of sp³-hybridized carbons (Fsp3) is 0.444. The van der Waals surface area contributed by atoms with Gasteiger partial charge in [0.15, 0.2) is 15.6 Å². The summed E-state index contributed by atoms with van der Waals surface area (Å²) >= 11 is 6.92. The van der Waals surface area contributed by atoms with Gasteiger partial charge < -0.3 is 0 Å². The number of Topliss-reactive ketones (excluding diaryl/α,β-unsaturated/α-hetero) is 1. The Morgan fingerprint density at radius 3 is 2.67 bits per heavy atom. The van der Waals surface area contributed by atoms with Crippen molar-refractivity contribution in [2.24, 2.45) is 5.92 Å². The van der Waals surface area contributed by atoms with E-state index in [-0.39, 0.29) is 23.2 Å². The molecule has 0 amide bonds. The predicted octanol–water partition coefficient (Wildman–Crippen LogP) is 2.02. The highest BCUT2D eigenvalue weighted by molar-refractivity contribution is 7.91. The molecule has 1 aliphatic heterocycles. The van der Waals surface area contributed by atoms with Gasteiger partial charge in [-0.15, -0.1) is 11.3 Å². The second kappa shape index (κ2) is 3.88. The van der Waals surface area contributed by atoms with Gasteiger partial charge >= 0.3 is 0 Å². The van der Waals surface area contributed by atoms with Gasteiger partial charge in [0.1, 0.15) is 0 Å². The minimum Gasteiger partial charge on any atom is -0.293 e. The molecule has 0 saturated carbocycles. The Labute approximate surface area is 97.0 Å². The van der Waals surface area contributed by atoms with Crippen LogP contribution in [0.3, 0.4) is 0 Å². The van der Waals surface area contributed by atoms with E-state index in [4.69, 9.17) is 11.6 Å².